The first-order valence-electron chi connectivity index (χ1n) is 5.45. The van der Waals surface area contributed by atoms with E-state index < -0.39 is 0 Å². The van der Waals surface area contributed by atoms with Gasteiger partial charge in [-0.3, -0.25) is 0 Å². The summed E-state index contributed by atoms with van der Waals surface area (Å²) in [4.78, 5) is 0. The summed E-state index contributed by atoms with van der Waals surface area (Å²) in [5.74, 6) is 0.865. The van der Waals surface area contributed by atoms with Crippen molar-refractivity contribution in [3.05, 3.63) is 54.5 Å². The normalized spacial score (nSPS) is 10.6. The van der Waals surface area contributed by atoms with Crippen LogP contribution >= 0.6 is 0 Å². The monoisotopic (exact) mass is 229 g/mol. The van der Waals surface area contributed by atoms with Crippen LogP contribution in [0.3, 0.4) is 0 Å². The molecule has 17 heavy (non-hydrogen) atoms. The zero-order valence-electron chi connectivity index (χ0n) is 9.72. The predicted octanol–water partition coefficient (Wildman–Crippen LogP) is 3.41. The third kappa shape index (κ3) is 3.41. The Labute approximate surface area is 101 Å². The fourth-order valence-electron chi connectivity index (χ4n) is 1.45. The van der Waals surface area contributed by atoms with Crippen molar-refractivity contribution < 1.29 is 9.15 Å². The molecular formula is C14H15NO2. The van der Waals surface area contributed by atoms with Gasteiger partial charge in [-0.1, -0.05) is 12.2 Å². The third-order valence-corrected chi connectivity index (χ3v) is 2.37. The first-order valence-corrected chi connectivity index (χ1v) is 5.45. The highest BCUT2D eigenvalue weighted by Crippen LogP contribution is 2.14. The number of anilines is 1. The van der Waals surface area contributed by atoms with E-state index >= 15 is 0 Å². The summed E-state index contributed by atoms with van der Waals surface area (Å²) in [6.45, 7) is 0.775. The maximum Gasteiger partial charge on any atom is 0.119 e. The molecule has 2 aromatic rings. The lowest BCUT2D eigenvalue weighted by molar-refractivity contribution is 0.415. The second kappa shape index (κ2) is 5.80. The van der Waals surface area contributed by atoms with E-state index in [0.717, 1.165) is 23.5 Å². The van der Waals surface area contributed by atoms with Crippen LogP contribution in [0.25, 0.3) is 6.08 Å². The van der Waals surface area contributed by atoms with Crippen molar-refractivity contribution in [3.8, 4) is 5.75 Å². The molecule has 0 atom stereocenters. The zero-order chi connectivity index (χ0) is 11.9. The molecule has 0 radical (unpaired) electrons. The van der Waals surface area contributed by atoms with Crippen LogP contribution in [0.1, 0.15) is 5.56 Å². The number of ether oxygens (including phenoxy) is 1. The van der Waals surface area contributed by atoms with E-state index in [1.807, 2.05) is 36.4 Å². The second-order valence-corrected chi connectivity index (χ2v) is 3.57. The molecule has 0 aliphatic carbocycles. The summed E-state index contributed by atoms with van der Waals surface area (Å²) in [5.41, 5.74) is 2.14. The number of benzene rings is 1. The summed E-state index contributed by atoms with van der Waals surface area (Å²) in [7, 11) is 1.66. The Hall–Kier alpha value is -2.16. The van der Waals surface area contributed by atoms with E-state index in [2.05, 4.69) is 11.4 Å². The maximum absolute atomic E-state index is 5.09. The van der Waals surface area contributed by atoms with Gasteiger partial charge in [0.25, 0.3) is 0 Å². The smallest absolute Gasteiger partial charge is 0.119 e. The minimum atomic E-state index is 0.775. The van der Waals surface area contributed by atoms with Crippen molar-refractivity contribution in [1.29, 1.82) is 0 Å². The van der Waals surface area contributed by atoms with Crippen LogP contribution < -0.4 is 10.1 Å². The molecule has 2 rings (SSSR count). The summed E-state index contributed by atoms with van der Waals surface area (Å²) >= 11 is 0. The van der Waals surface area contributed by atoms with Crippen LogP contribution in [0.4, 0.5) is 5.69 Å². The summed E-state index contributed by atoms with van der Waals surface area (Å²) in [6, 6.07) is 9.77. The Morgan fingerprint density at radius 1 is 1.24 bits per heavy atom. The fourth-order valence-corrected chi connectivity index (χ4v) is 1.45. The molecule has 0 aliphatic rings. The molecule has 0 aliphatic heterocycles. The quantitative estimate of drug-likeness (QED) is 0.853. The first kappa shape index (κ1) is 11.3. The van der Waals surface area contributed by atoms with Gasteiger partial charge in [0.15, 0.2) is 0 Å². The molecule has 1 aromatic heterocycles. The zero-order valence-corrected chi connectivity index (χ0v) is 9.72. The average molecular weight is 229 g/mol. The van der Waals surface area contributed by atoms with E-state index in [1.165, 1.54) is 0 Å². The van der Waals surface area contributed by atoms with Gasteiger partial charge in [0, 0.05) is 17.8 Å². The lowest BCUT2D eigenvalue weighted by Crippen LogP contribution is -1.97. The van der Waals surface area contributed by atoms with Crippen molar-refractivity contribution in [2.45, 2.75) is 0 Å². The fraction of sp³-hybridized carbons (Fsp3) is 0.143. The minimum Gasteiger partial charge on any atom is -0.497 e. The molecule has 1 N–H and O–H groups in total. The number of rotatable bonds is 5. The highest BCUT2D eigenvalue weighted by molar-refractivity contribution is 5.50. The van der Waals surface area contributed by atoms with Crippen LogP contribution in [0, 0.1) is 0 Å². The molecule has 0 bridgehead atoms. The average Bonchev–Trinajstić information content (AvgIpc) is 2.88. The van der Waals surface area contributed by atoms with Crippen molar-refractivity contribution >= 4 is 11.8 Å². The van der Waals surface area contributed by atoms with Gasteiger partial charge in [-0.2, -0.15) is 0 Å². The number of methoxy groups -OCH3 is 1. The van der Waals surface area contributed by atoms with Crippen molar-refractivity contribution in [2.75, 3.05) is 19.0 Å². The van der Waals surface area contributed by atoms with Gasteiger partial charge in [-0.25, -0.2) is 0 Å². The van der Waals surface area contributed by atoms with Gasteiger partial charge < -0.3 is 14.5 Å². The third-order valence-electron chi connectivity index (χ3n) is 2.37. The molecule has 0 amide bonds. The summed E-state index contributed by atoms with van der Waals surface area (Å²) < 4.78 is 10.1. The van der Waals surface area contributed by atoms with Crippen molar-refractivity contribution in [2.24, 2.45) is 0 Å². The van der Waals surface area contributed by atoms with Gasteiger partial charge in [0.1, 0.15) is 5.75 Å². The lowest BCUT2D eigenvalue weighted by Gasteiger charge is -2.04. The van der Waals surface area contributed by atoms with Crippen molar-refractivity contribution in [3.63, 3.8) is 0 Å². The standard InChI is InChI=1S/C14H15NO2/c1-16-14-6-4-13(5-7-14)15-9-2-3-12-8-10-17-11-12/h2-8,10-11,15H,9H2,1H3. The van der Waals surface area contributed by atoms with Crippen molar-refractivity contribution in [1.82, 2.24) is 0 Å². The Morgan fingerprint density at radius 3 is 2.71 bits per heavy atom. The van der Waals surface area contributed by atoms with Crippen LogP contribution in [-0.2, 0) is 0 Å². The molecule has 0 spiro atoms. The molecule has 88 valence electrons. The van der Waals surface area contributed by atoms with Gasteiger partial charge >= 0.3 is 0 Å². The number of hydrogen-bond acceptors (Lipinski definition) is 3. The van der Waals surface area contributed by atoms with E-state index in [-0.39, 0.29) is 0 Å². The van der Waals surface area contributed by atoms with Crippen LogP contribution in [0.5, 0.6) is 5.75 Å². The summed E-state index contributed by atoms with van der Waals surface area (Å²) in [5, 5.41) is 3.29. The Morgan fingerprint density at radius 2 is 2.06 bits per heavy atom. The van der Waals surface area contributed by atoms with E-state index in [0.29, 0.717) is 0 Å². The van der Waals surface area contributed by atoms with Gasteiger partial charge in [-0.15, -0.1) is 0 Å². The van der Waals surface area contributed by atoms with E-state index in [9.17, 15) is 0 Å². The number of nitrogens with one attached hydrogen (secondary N) is 1. The molecule has 1 heterocycles. The van der Waals surface area contributed by atoms with Gasteiger partial charge in [0.2, 0.25) is 0 Å². The minimum absolute atomic E-state index is 0.775. The number of furan rings is 1. The molecule has 0 saturated heterocycles. The Balaban J connectivity index is 1.81. The van der Waals surface area contributed by atoms with Gasteiger partial charge in [0.05, 0.1) is 19.6 Å². The molecule has 0 unspecified atom stereocenters. The predicted molar refractivity (Wildman–Crippen MR) is 69.2 cm³/mol. The summed E-state index contributed by atoms with van der Waals surface area (Å²) in [6.07, 6.45) is 7.44. The topological polar surface area (TPSA) is 34.4 Å². The molecule has 3 nitrogen and oxygen atoms in total. The first-order chi connectivity index (χ1) is 8.38. The lowest BCUT2D eigenvalue weighted by atomic mass is 10.3. The molecular weight excluding hydrogens is 214 g/mol. The highest BCUT2D eigenvalue weighted by Gasteiger charge is 1.91. The molecule has 1 aromatic carbocycles. The largest absolute Gasteiger partial charge is 0.497 e. The van der Waals surface area contributed by atoms with E-state index in [4.69, 9.17) is 9.15 Å². The second-order valence-electron chi connectivity index (χ2n) is 3.57. The molecule has 0 saturated carbocycles. The highest BCUT2D eigenvalue weighted by atomic mass is 16.5. The maximum atomic E-state index is 5.09. The van der Waals surface area contributed by atoms with Crippen LogP contribution in [0.15, 0.2) is 53.4 Å². The van der Waals surface area contributed by atoms with Crippen LogP contribution in [0.2, 0.25) is 0 Å². The Kier molecular flexibility index (Phi) is 3.86. The molecule has 0 fully saturated rings. The number of hydrogen-bond donors (Lipinski definition) is 1. The Bertz CT molecular complexity index is 457. The van der Waals surface area contributed by atoms with E-state index in [1.54, 1.807) is 19.6 Å². The molecule has 3 heteroatoms. The van der Waals surface area contributed by atoms with Crippen LogP contribution in [-0.4, -0.2) is 13.7 Å². The SMILES string of the molecule is COc1ccc(NCC=Cc2ccoc2)cc1. The van der Waals surface area contributed by atoms with Gasteiger partial charge in [-0.05, 0) is 30.3 Å².